The zero-order valence-corrected chi connectivity index (χ0v) is 31.4. The fourth-order valence-corrected chi connectivity index (χ4v) is 26.6. The topological polar surface area (TPSA) is 9.23 Å². The van der Waals surface area contributed by atoms with E-state index in [1.165, 1.54) is 58.9 Å². The number of unbranched alkanes of at least 4 members (excludes halogenated alkanes) is 3. The molecule has 0 radical (unpaired) electrons. The predicted octanol–water partition coefficient (Wildman–Crippen LogP) is 11.1. The summed E-state index contributed by atoms with van der Waals surface area (Å²) < 4.78 is 13.8. The van der Waals surface area contributed by atoms with E-state index in [4.69, 9.17) is 4.43 Å². The van der Waals surface area contributed by atoms with Crippen LogP contribution in [0.3, 0.4) is 0 Å². The number of benzene rings is 3. The minimum atomic E-state index is -2.67. The van der Waals surface area contributed by atoms with E-state index in [0.717, 1.165) is 6.42 Å². The van der Waals surface area contributed by atoms with Gasteiger partial charge in [0.1, 0.15) is 0 Å². The van der Waals surface area contributed by atoms with Crippen molar-refractivity contribution in [1.29, 1.82) is 0 Å². The van der Waals surface area contributed by atoms with Gasteiger partial charge in [0.2, 0.25) is 0 Å². The van der Waals surface area contributed by atoms with Gasteiger partial charge in [-0.05, 0) is 0 Å². The first kappa shape index (κ1) is 34.9. The van der Waals surface area contributed by atoms with Crippen molar-refractivity contribution >= 4 is 37.1 Å². The third-order valence-electron chi connectivity index (χ3n) is 9.16. The van der Waals surface area contributed by atoms with Crippen LogP contribution in [0.5, 0.6) is 0 Å². The Kier molecular flexibility index (Phi) is 14.6. The number of hydrogen-bond acceptors (Lipinski definition) is 1. The molecule has 0 heterocycles. The third kappa shape index (κ3) is 9.44. The molecule has 0 aliphatic heterocycles. The summed E-state index contributed by atoms with van der Waals surface area (Å²) in [6.07, 6.45) is 14.4. The Bertz CT molecular complexity index is 1090. The van der Waals surface area contributed by atoms with Crippen molar-refractivity contribution in [3.05, 3.63) is 109 Å². The minimum absolute atomic E-state index is 0.0141. The first-order chi connectivity index (χ1) is 20.3. The van der Waals surface area contributed by atoms with Gasteiger partial charge in [0.05, 0.1) is 0 Å². The van der Waals surface area contributed by atoms with E-state index in [1.54, 1.807) is 13.3 Å². The molecule has 1 atom stereocenters. The number of hydrogen-bond donors (Lipinski definition) is 0. The van der Waals surface area contributed by atoms with Crippen molar-refractivity contribution in [2.24, 2.45) is 0 Å². The van der Waals surface area contributed by atoms with E-state index in [9.17, 15) is 0 Å². The van der Waals surface area contributed by atoms with Gasteiger partial charge in [-0.2, -0.15) is 0 Å². The molecule has 0 bridgehead atoms. The Morgan fingerprint density at radius 2 is 1.07 bits per heavy atom. The second kappa shape index (κ2) is 17.6. The standard InChI is InChI=1S/C27H31OSi.3C4H9.Sn/c1-5-6-22-26(23-16-10-7-11-17-23)28-29(27(2,3)4,24-18-12-8-13-19-24)25-20-14-9-15-21-25;3*1-3-4-2;/h5-21,26H,1,22H2,2-4H3;3*1,3-4H2,2H3;/b6-5+;;;;. The summed E-state index contributed by atoms with van der Waals surface area (Å²) in [6.45, 7) is 14.3. The average molecular weight is 690 g/mol. The third-order valence-corrected chi connectivity index (χ3v) is 29.5. The summed E-state index contributed by atoms with van der Waals surface area (Å²) in [4.78, 5) is 0. The summed E-state index contributed by atoms with van der Waals surface area (Å²) in [5, 5.41) is 2.66. The Morgan fingerprint density at radius 3 is 1.48 bits per heavy atom. The van der Waals surface area contributed by atoms with Gasteiger partial charge in [-0.3, -0.25) is 0 Å². The second-order valence-electron chi connectivity index (χ2n) is 13.4. The molecule has 3 heteroatoms. The summed E-state index contributed by atoms with van der Waals surface area (Å²) in [6, 6.07) is 33.2. The van der Waals surface area contributed by atoms with Crippen LogP contribution in [0.15, 0.2) is 103 Å². The van der Waals surface area contributed by atoms with Crippen LogP contribution in [0.25, 0.3) is 0 Å². The maximum atomic E-state index is 7.69. The monoisotopic (exact) mass is 690 g/mol. The second-order valence-corrected chi connectivity index (χ2v) is 31.7. The van der Waals surface area contributed by atoms with Crippen molar-refractivity contribution in [3.63, 3.8) is 0 Å². The zero-order chi connectivity index (χ0) is 30.3. The van der Waals surface area contributed by atoms with Crippen LogP contribution in [0.2, 0.25) is 22.8 Å². The van der Waals surface area contributed by atoms with Gasteiger partial charge < -0.3 is 0 Å². The zero-order valence-electron chi connectivity index (χ0n) is 27.6. The molecule has 0 spiro atoms. The van der Waals surface area contributed by atoms with E-state index in [0.29, 0.717) is 0 Å². The van der Waals surface area contributed by atoms with Gasteiger partial charge in [-0.1, -0.05) is 0 Å². The molecule has 0 aliphatic rings. The molecular weight excluding hydrogens is 631 g/mol. The van der Waals surface area contributed by atoms with Crippen LogP contribution in [-0.4, -0.2) is 26.7 Å². The molecule has 42 heavy (non-hydrogen) atoms. The quantitative estimate of drug-likeness (QED) is 0.0954. The Labute approximate surface area is 264 Å². The molecule has 0 fully saturated rings. The maximum absolute atomic E-state index is 7.69. The van der Waals surface area contributed by atoms with E-state index in [-0.39, 0.29) is 11.1 Å². The van der Waals surface area contributed by atoms with Crippen molar-refractivity contribution in [3.8, 4) is 0 Å². The Balaban J connectivity index is 2.00. The molecule has 3 aromatic rings. The molecule has 1 unspecified atom stereocenters. The van der Waals surface area contributed by atoms with Crippen LogP contribution in [0, 0.1) is 0 Å². The van der Waals surface area contributed by atoms with Crippen molar-refractivity contribution in [1.82, 2.24) is 0 Å². The summed E-state index contributed by atoms with van der Waals surface area (Å²) in [5.41, 5.74) is 1.29. The van der Waals surface area contributed by atoms with Crippen LogP contribution in [0.4, 0.5) is 0 Å². The summed E-state index contributed by atoms with van der Waals surface area (Å²) >= 11 is -2.21. The summed E-state index contributed by atoms with van der Waals surface area (Å²) in [5.74, 6) is 0. The van der Waals surface area contributed by atoms with Gasteiger partial charge >= 0.3 is 266 Å². The van der Waals surface area contributed by atoms with E-state index >= 15 is 0 Å². The normalized spacial score (nSPS) is 13.5. The van der Waals surface area contributed by atoms with Crippen LogP contribution >= 0.6 is 0 Å². The van der Waals surface area contributed by atoms with Crippen molar-refractivity contribution in [2.45, 2.75) is 115 Å². The van der Waals surface area contributed by atoms with E-state index in [1.807, 2.05) is 0 Å². The molecule has 1 nitrogen and oxygen atoms in total. The summed E-state index contributed by atoms with van der Waals surface area (Å²) in [7, 11) is -2.67. The predicted molar refractivity (Wildman–Crippen MR) is 191 cm³/mol. The van der Waals surface area contributed by atoms with Gasteiger partial charge in [0.25, 0.3) is 0 Å². The number of allylic oxidation sites excluding steroid dienone is 1. The SMILES string of the molecule is CCC[CH2][Sn]([CH2]/C=C/CC(O[Si](c1ccccc1)(c1ccccc1)C(C)(C)C)c1ccccc1)([CH2]CCC)[CH2]CCC. The molecule has 0 saturated carbocycles. The average Bonchev–Trinajstić information content (AvgIpc) is 3.02. The molecular formula is C39H58OSiSn. The molecule has 0 N–H and O–H groups in total. The van der Waals surface area contributed by atoms with Gasteiger partial charge in [0, 0.05) is 0 Å². The van der Waals surface area contributed by atoms with E-state index in [2.05, 4.69) is 145 Å². The van der Waals surface area contributed by atoms with Crippen molar-refractivity contribution in [2.75, 3.05) is 0 Å². The van der Waals surface area contributed by atoms with Gasteiger partial charge in [-0.25, -0.2) is 0 Å². The van der Waals surface area contributed by atoms with Crippen LogP contribution in [0.1, 0.15) is 98.2 Å². The molecule has 228 valence electrons. The van der Waals surface area contributed by atoms with E-state index < -0.39 is 26.7 Å². The first-order valence-electron chi connectivity index (χ1n) is 16.8. The molecule has 3 rings (SSSR count). The van der Waals surface area contributed by atoms with Crippen molar-refractivity contribution < 1.29 is 4.43 Å². The Hall–Kier alpha value is -1.62. The molecule has 0 aliphatic carbocycles. The number of rotatable bonds is 18. The molecule has 3 aromatic carbocycles. The first-order valence-corrected chi connectivity index (χ1v) is 26.8. The van der Waals surface area contributed by atoms with Gasteiger partial charge in [-0.15, -0.1) is 0 Å². The molecule has 0 aromatic heterocycles. The fourth-order valence-electron chi connectivity index (χ4n) is 6.71. The fraction of sp³-hybridized carbons (Fsp3) is 0.487. The molecule has 0 saturated heterocycles. The van der Waals surface area contributed by atoms with Crippen LogP contribution in [-0.2, 0) is 4.43 Å². The van der Waals surface area contributed by atoms with Gasteiger partial charge in [0.15, 0.2) is 0 Å². The Morgan fingerprint density at radius 1 is 0.643 bits per heavy atom. The molecule has 0 amide bonds. The van der Waals surface area contributed by atoms with Crippen LogP contribution < -0.4 is 10.4 Å².